The number of aryl methyl sites for hydroxylation is 1. The van der Waals surface area contributed by atoms with Gasteiger partial charge in [0.25, 0.3) is 17.1 Å². The van der Waals surface area contributed by atoms with Gasteiger partial charge in [-0.15, -0.1) is 8.80 Å². The summed E-state index contributed by atoms with van der Waals surface area (Å²) in [6, 6.07) is 7.75. The highest BCUT2D eigenvalue weighted by atomic mass is 32.2. The van der Waals surface area contributed by atoms with Crippen LogP contribution in [0.1, 0.15) is 48.7 Å². The summed E-state index contributed by atoms with van der Waals surface area (Å²) in [7, 11) is 1.32. The van der Waals surface area contributed by atoms with Crippen LogP contribution < -0.4 is 10.6 Å². The molecule has 0 saturated carbocycles. The highest BCUT2D eigenvalue weighted by Crippen LogP contribution is 2.34. The Morgan fingerprint density at radius 2 is 1.85 bits per heavy atom. The molecule has 0 spiro atoms. The lowest BCUT2D eigenvalue weighted by Gasteiger charge is -2.30. The van der Waals surface area contributed by atoms with Crippen LogP contribution in [-0.2, 0) is 16.0 Å². The second kappa shape index (κ2) is 9.67. The van der Waals surface area contributed by atoms with Crippen LogP contribution in [-0.4, -0.2) is 56.5 Å². The van der Waals surface area contributed by atoms with Crippen molar-refractivity contribution in [3.63, 3.8) is 0 Å². The van der Waals surface area contributed by atoms with E-state index in [1.165, 1.54) is 25.2 Å². The molecule has 1 aliphatic heterocycles. The predicted octanol–water partition coefficient (Wildman–Crippen LogP) is 2.63. The minimum absolute atomic E-state index is 0.0986. The smallest absolute Gasteiger partial charge is 0.323 e. The van der Waals surface area contributed by atoms with Crippen molar-refractivity contribution in [1.82, 2.24) is 10.2 Å². The number of benzene rings is 1. The number of amidine groups is 2. The average Bonchev–Trinajstić information content (AvgIpc) is 3.30. The number of carbonyl (C=O) groups excluding carboxylic acids is 1. The van der Waals surface area contributed by atoms with Gasteiger partial charge in [-0.1, -0.05) is 26.8 Å². The van der Waals surface area contributed by atoms with Gasteiger partial charge in [-0.3, -0.25) is 9.59 Å². The number of carboxylic acids is 1. The molecule has 3 rings (SSSR count). The summed E-state index contributed by atoms with van der Waals surface area (Å²) in [5, 5.41) is 25.7. The molecule has 0 aliphatic carbocycles. The van der Waals surface area contributed by atoms with Gasteiger partial charge in [-0.25, -0.2) is 4.21 Å². The summed E-state index contributed by atoms with van der Waals surface area (Å²) in [5.74, 6) is -0.538. The molecule has 1 amide bonds. The number of carbonyl (C=O) groups is 2. The van der Waals surface area contributed by atoms with Crippen molar-refractivity contribution in [2.45, 2.75) is 33.7 Å². The fraction of sp³-hybridized carbons (Fsp3) is 0.364. The van der Waals surface area contributed by atoms with Crippen LogP contribution in [0.4, 0.5) is 5.69 Å². The maximum absolute atomic E-state index is 12.6. The van der Waals surface area contributed by atoms with E-state index in [0.29, 0.717) is 5.76 Å². The van der Waals surface area contributed by atoms with Crippen LogP contribution in [0.3, 0.4) is 0 Å². The van der Waals surface area contributed by atoms with Gasteiger partial charge in [-0.2, -0.15) is 0 Å². The molecule has 1 unspecified atom stereocenters. The van der Waals surface area contributed by atoms with E-state index in [9.17, 15) is 18.9 Å². The summed E-state index contributed by atoms with van der Waals surface area (Å²) < 4.78 is 26.0. The van der Waals surface area contributed by atoms with Gasteiger partial charge in [-0.05, 0) is 36.6 Å². The SMILES string of the molecule is Cc1ccc([C@H](NC2=NS(=O)N=C2Nc2cccc(C(=O)N(C)CC(=O)O)c2O)C(C)(C)C)o1. The maximum atomic E-state index is 12.6. The van der Waals surface area contributed by atoms with Crippen molar-refractivity contribution in [2.75, 3.05) is 18.9 Å². The van der Waals surface area contributed by atoms with E-state index in [-0.39, 0.29) is 34.4 Å². The molecule has 1 aliphatic rings. The van der Waals surface area contributed by atoms with Gasteiger partial charge in [0, 0.05) is 7.05 Å². The lowest BCUT2D eigenvalue weighted by atomic mass is 9.85. The lowest BCUT2D eigenvalue weighted by Crippen LogP contribution is -2.41. The molecule has 2 atom stereocenters. The minimum Gasteiger partial charge on any atom is -0.505 e. The van der Waals surface area contributed by atoms with Crippen LogP contribution in [0.15, 0.2) is 43.5 Å². The van der Waals surface area contributed by atoms with E-state index in [1.54, 1.807) is 0 Å². The van der Waals surface area contributed by atoms with Crippen LogP contribution in [0.2, 0.25) is 0 Å². The Balaban J connectivity index is 1.86. The third-order valence-electron chi connectivity index (χ3n) is 4.99. The molecule has 0 saturated heterocycles. The fourth-order valence-electron chi connectivity index (χ4n) is 3.32. The Morgan fingerprint density at radius 1 is 1.18 bits per heavy atom. The first-order valence-corrected chi connectivity index (χ1v) is 11.4. The van der Waals surface area contributed by atoms with Crippen molar-refractivity contribution in [1.29, 1.82) is 0 Å². The van der Waals surface area contributed by atoms with Crippen LogP contribution in [0.25, 0.3) is 0 Å². The van der Waals surface area contributed by atoms with Crippen molar-refractivity contribution in [3.8, 4) is 5.75 Å². The number of nitrogens with zero attached hydrogens (tertiary/aromatic N) is 3. The number of nitrogens with one attached hydrogen (secondary N) is 2. The minimum atomic E-state index is -1.89. The van der Waals surface area contributed by atoms with Gasteiger partial charge in [0.15, 0.2) is 17.4 Å². The topological polar surface area (TPSA) is 157 Å². The highest BCUT2D eigenvalue weighted by molar-refractivity contribution is 7.83. The summed E-state index contributed by atoms with van der Waals surface area (Å²) in [4.78, 5) is 24.5. The van der Waals surface area contributed by atoms with Crippen LogP contribution in [0.5, 0.6) is 5.75 Å². The molecule has 0 radical (unpaired) electrons. The summed E-state index contributed by atoms with van der Waals surface area (Å²) in [5.41, 5.74) is -0.299. The zero-order chi connectivity index (χ0) is 25.2. The van der Waals surface area contributed by atoms with Gasteiger partial charge in [0.05, 0.1) is 17.3 Å². The van der Waals surface area contributed by atoms with E-state index in [0.717, 1.165) is 10.7 Å². The molecule has 11 nitrogen and oxygen atoms in total. The molecule has 1 aromatic heterocycles. The second-order valence-electron chi connectivity index (χ2n) is 8.88. The van der Waals surface area contributed by atoms with E-state index in [1.807, 2.05) is 39.8 Å². The first-order valence-electron chi connectivity index (χ1n) is 10.4. The van der Waals surface area contributed by atoms with Crippen LogP contribution in [0, 0.1) is 12.3 Å². The summed E-state index contributed by atoms with van der Waals surface area (Å²) >= 11 is -1.89. The molecule has 2 aromatic rings. The normalized spacial score (nSPS) is 16.4. The second-order valence-corrected chi connectivity index (χ2v) is 9.71. The molecular formula is C22H27N5O6S. The largest absolute Gasteiger partial charge is 0.505 e. The summed E-state index contributed by atoms with van der Waals surface area (Å²) in [6.07, 6.45) is 0. The molecule has 0 bridgehead atoms. The summed E-state index contributed by atoms with van der Waals surface area (Å²) in [6.45, 7) is 7.34. The number of furan rings is 1. The number of para-hydroxylation sites is 1. The predicted molar refractivity (Wildman–Crippen MR) is 128 cm³/mol. The Hall–Kier alpha value is -3.67. The number of likely N-dealkylation sites (N-methyl/N-ethyl adjacent to an activating group) is 1. The number of hydrogen-bond acceptors (Lipinski definition) is 7. The molecular weight excluding hydrogens is 462 g/mol. The maximum Gasteiger partial charge on any atom is 0.323 e. The van der Waals surface area contributed by atoms with E-state index < -0.39 is 35.3 Å². The van der Waals surface area contributed by atoms with Crippen molar-refractivity contribution in [3.05, 3.63) is 47.4 Å². The van der Waals surface area contributed by atoms with Crippen molar-refractivity contribution < 1.29 is 28.4 Å². The number of phenols is 1. The molecule has 182 valence electrons. The van der Waals surface area contributed by atoms with E-state index in [4.69, 9.17) is 9.52 Å². The third-order valence-corrected chi connectivity index (χ3v) is 5.67. The lowest BCUT2D eigenvalue weighted by molar-refractivity contribution is -0.137. The van der Waals surface area contributed by atoms with E-state index in [2.05, 4.69) is 19.4 Å². The number of rotatable bonds is 6. The molecule has 0 fully saturated rings. The molecule has 34 heavy (non-hydrogen) atoms. The number of anilines is 1. The number of phenolic OH excluding ortho intramolecular Hbond substituents is 1. The Kier molecular flexibility index (Phi) is 7.10. The van der Waals surface area contributed by atoms with Crippen molar-refractivity contribution in [2.24, 2.45) is 14.2 Å². The highest BCUT2D eigenvalue weighted by Gasteiger charge is 2.33. The number of carboxylic acid groups (broad SMARTS) is 1. The fourth-order valence-corrected chi connectivity index (χ4v) is 3.95. The number of aliphatic carboxylic acids is 1. The monoisotopic (exact) mass is 489 g/mol. The van der Waals surface area contributed by atoms with Crippen LogP contribution >= 0.6 is 0 Å². The molecule has 1 aromatic carbocycles. The number of hydrogen-bond donors (Lipinski definition) is 4. The quantitative estimate of drug-likeness (QED) is 0.451. The first-order chi connectivity index (χ1) is 15.9. The zero-order valence-corrected chi connectivity index (χ0v) is 20.3. The van der Waals surface area contributed by atoms with Gasteiger partial charge < -0.3 is 30.2 Å². The van der Waals surface area contributed by atoms with Gasteiger partial charge >= 0.3 is 5.97 Å². The Morgan fingerprint density at radius 3 is 2.44 bits per heavy atom. The molecule has 4 N–H and O–H groups in total. The third kappa shape index (κ3) is 5.63. The Bertz CT molecular complexity index is 1200. The zero-order valence-electron chi connectivity index (χ0n) is 19.4. The standard InChI is InChI=1S/C22H27N5O6S/c1-12-9-10-15(33-12)18(22(2,3)4)24-20-19(25-34(32)26-20)23-14-8-6-7-13(17(14)30)21(31)27(5)11-16(28)29/h6-10,18,30H,11H2,1-5H3,(H,23,25)(H,24,26)(H,28,29)/t18-,34?/m0/s1. The van der Waals surface area contributed by atoms with Crippen molar-refractivity contribution >= 4 is 40.4 Å². The molecule has 2 heterocycles. The Labute approximate surface area is 199 Å². The average molecular weight is 490 g/mol. The van der Waals surface area contributed by atoms with Gasteiger partial charge in [0.2, 0.25) is 0 Å². The first kappa shape index (κ1) is 25.0. The van der Waals surface area contributed by atoms with E-state index >= 15 is 0 Å². The molecule has 12 heteroatoms. The number of aromatic hydroxyl groups is 1. The number of amides is 1. The van der Waals surface area contributed by atoms with Gasteiger partial charge in [0.1, 0.15) is 18.1 Å².